The molecule has 0 saturated carbocycles. The maximum atomic E-state index is 12.9. The highest BCUT2D eigenvalue weighted by atomic mass is 19.4. The summed E-state index contributed by atoms with van der Waals surface area (Å²) in [6.45, 7) is 3.79. The second kappa shape index (κ2) is 7.15. The molecule has 0 unspecified atom stereocenters. The fraction of sp³-hybridized carbons (Fsp3) is 0.278. The number of aryl methyl sites for hydroxylation is 1. The normalized spacial score (nSPS) is 11.3. The number of alkyl halides is 3. The number of carbonyl (C=O) groups excluding carboxylic acids is 3. The highest BCUT2D eigenvalue weighted by Crippen LogP contribution is 2.32. The van der Waals surface area contributed by atoms with Crippen LogP contribution in [-0.2, 0) is 10.9 Å². The molecule has 8 heteroatoms. The van der Waals surface area contributed by atoms with Crippen LogP contribution in [0, 0.1) is 13.8 Å². The van der Waals surface area contributed by atoms with Crippen LogP contribution in [0.3, 0.4) is 0 Å². The molecule has 138 valence electrons. The van der Waals surface area contributed by atoms with Gasteiger partial charge in [0.1, 0.15) is 0 Å². The third-order valence-electron chi connectivity index (χ3n) is 3.86. The van der Waals surface area contributed by atoms with Crippen LogP contribution in [0.1, 0.15) is 54.9 Å². The second-order valence-electron chi connectivity index (χ2n) is 5.72. The molecule has 0 aliphatic carbocycles. The Balaban J connectivity index is 2.18. The van der Waals surface area contributed by atoms with E-state index in [2.05, 4.69) is 4.98 Å². The van der Waals surface area contributed by atoms with Crippen molar-refractivity contribution >= 4 is 17.5 Å². The fourth-order valence-electron chi connectivity index (χ4n) is 2.75. The molecule has 2 aromatic rings. The van der Waals surface area contributed by atoms with E-state index in [1.54, 1.807) is 13.8 Å². The topological polar surface area (TPSA) is 76.2 Å². The minimum absolute atomic E-state index is 0.0876. The van der Waals surface area contributed by atoms with Gasteiger partial charge in [0.2, 0.25) is 5.78 Å². The van der Waals surface area contributed by atoms with Gasteiger partial charge < -0.3 is 9.72 Å². The van der Waals surface area contributed by atoms with E-state index in [9.17, 15) is 27.6 Å². The highest BCUT2D eigenvalue weighted by molar-refractivity contribution is 6.04. The number of ketones is 2. The molecule has 0 fully saturated rings. The van der Waals surface area contributed by atoms with Crippen LogP contribution in [0.15, 0.2) is 24.3 Å². The van der Waals surface area contributed by atoms with E-state index < -0.39 is 35.7 Å². The van der Waals surface area contributed by atoms with Crippen molar-refractivity contribution in [3.8, 4) is 0 Å². The zero-order chi connectivity index (χ0) is 19.6. The summed E-state index contributed by atoms with van der Waals surface area (Å²) in [7, 11) is 0. The molecule has 0 aliphatic rings. The molecular formula is C18H16F3NO4. The molecule has 1 N–H and O–H groups in total. The number of nitrogens with one attached hydrogen (secondary N) is 1. The molecule has 2 rings (SSSR count). The Bertz CT molecular complexity index is 881. The number of aromatic nitrogens is 1. The summed E-state index contributed by atoms with van der Waals surface area (Å²) in [5.74, 6) is -2.12. The molecule has 5 nitrogen and oxygen atoms in total. The molecular weight excluding hydrogens is 351 g/mol. The number of benzene rings is 1. The van der Waals surface area contributed by atoms with Gasteiger partial charge in [-0.25, -0.2) is 4.79 Å². The lowest BCUT2D eigenvalue weighted by molar-refractivity contribution is -0.138. The Hall–Kier alpha value is -2.90. The van der Waals surface area contributed by atoms with Gasteiger partial charge in [-0.2, -0.15) is 13.2 Å². The van der Waals surface area contributed by atoms with Crippen molar-refractivity contribution in [3.63, 3.8) is 0 Å². The van der Waals surface area contributed by atoms with Crippen LogP contribution in [0.4, 0.5) is 13.2 Å². The number of esters is 1. The summed E-state index contributed by atoms with van der Waals surface area (Å²) in [6.07, 6.45) is -4.72. The van der Waals surface area contributed by atoms with Gasteiger partial charge >= 0.3 is 12.1 Å². The van der Waals surface area contributed by atoms with Crippen LogP contribution in [-0.4, -0.2) is 29.1 Å². The Morgan fingerprint density at radius 1 is 1.12 bits per heavy atom. The van der Waals surface area contributed by atoms with Crippen molar-refractivity contribution in [3.05, 3.63) is 57.9 Å². The monoisotopic (exact) mass is 367 g/mol. The van der Waals surface area contributed by atoms with Crippen LogP contribution in [0.25, 0.3) is 0 Å². The number of aromatic amines is 1. The Morgan fingerprint density at radius 3 is 2.27 bits per heavy atom. The minimum Gasteiger partial charge on any atom is -0.454 e. The molecule has 0 amide bonds. The van der Waals surface area contributed by atoms with Gasteiger partial charge in [0, 0.05) is 11.3 Å². The number of H-pyrrole nitrogens is 1. The smallest absolute Gasteiger partial charge is 0.417 e. The van der Waals surface area contributed by atoms with Crippen molar-refractivity contribution in [1.82, 2.24) is 4.98 Å². The van der Waals surface area contributed by atoms with E-state index >= 15 is 0 Å². The number of rotatable bonds is 5. The molecule has 26 heavy (non-hydrogen) atoms. The third kappa shape index (κ3) is 3.84. The summed E-state index contributed by atoms with van der Waals surface area (Å²) in [5.41, 5.74) is -0.453. The lowest BCUT2D eigenvalue weighted by Crippen LogP contribution is -2.19. The fourth-order valence-corrected chi connectivity index (χ4v) is 2.75. The van der Waals surface area contributed by atoms with Crippen LogP contribution in [0.5, 0.6) is 0 Å². The lowest BCUT2D eigenvalue weighted by Gasteiger charge is -2.11. The average molecular weight is 367 g/mol. The van der Waals surface area contributed by atoms with E-state index in [4.69, 9.17) is 4.74 Å². The van der Waals surface area contributed by atoms with Crippen molar-refractivity contribution in [2.24, 2.45) is 0 Å². The van der Waals surface area contributed by atoms with Crippen LogP contribution in [0.2, 0.25) is 0 Å². The minimum atomic E-state index is -4.72. The van der Waals surface area contributed by atoms with E-state index in [-0.39, 0.29) is 11.5 Å². The molecule has 1 heterocycles. The maximum Gasteiger partial charge on any atom is 0.417 e. The number of halogens is 3. The summed E-state index contributed by atoms with van der Waals surface area (Å²) in [6, 6.07) is 4.16. The van der Waals surface area contributed by atoms with Crippen molar-refractivity contribution < 1.29 is 32.3 Å². The SMILES string of the molecule is CC(=O)c1c(C)[nH]c(C(=O)COC(=O)c2ccccc2C(F)(F)F)c1C. The Morgan fingerprint density at radius 2 is 1.73 bits per heavy atom. The molecule has 1 aromatic heterocycles. The third-order valence-corrected chi connectivity index (χ3v) is 3.86. The van der Waals surface area contributed by atoms with Crippen molar-refractivity contribution in [2.75, 3.05) is 6.61 Å². The first-order valence-electron chi connectivity index (χ1n) is 7.60. The molecule has 0 saturated heterocycles. The number of hydrogen-bond donors (Lipinski definition) is 1. The summed E-state index contributed by atoms with van der Waals surface area (Å²) in [4.78, 5) is 38.5. The molecule has 0 spiro atoms. The zero-order valence-electron chi connectivity index (χ0n) is 14.3. The Kier molecular flexibility index (Phi) is 5.34. The van der Waals surface area contributed by atoms with Gasteiger partial charge in [-0.3, -0.25) is 9.59 Å². The van der Waals surface area contributed by atoms with Gasteiger partial charge in [0.25, 0.3) is 0 Å². The molecule has 0 atom stereocenters. The van der Waals surface area contributed by atoms with E-state index in [1.165, 1.54) is 13.0 Å². The maximum absolute atomic E-state index is 12.9. The molecule has 1 aromatic carbocycles. The number of hydrogen-bond acceptors (Lipinski definition) is 4. The van der Waals surface area contributed by atoms with Crippen LogP contribution < -0.4 is 0 Å². The van der Waals surface area contributed by atoms with Crippen molar-refractivity contribution in [1.29, 1.82) is 0 Å². The van der Waals surface area contributed by atoms with E-state index in [1.807, 2.05) is 0 Å². The zero-order valence-corrected chi connectivity index (χ0v) is 14.3. The largest absolute Gasteiger partial charge is 0.454 e. The quantitative estimate of drug-likeness (QED) is 0.642. The van der Waals surface area contributed by atoms with Gasteiger partial charge in [0.05, 0.1) is 16.8 Å². The first-order chi connectivity index (χ1) is 12.0. The average Bonchev–Trinajstić information content (AvgIpc) is 2.86. The molecule has 0 bridgehead atoms. The summed E-state index contributed by atoms with van der Waals surface area (Å²) in [5, 5.41) is 0. The predicted molar refractivity (Wildman–Crippen MR) is 86.3 cm³/mol. The first-order valence-corrected chi connectivity index (χ1v) is 7.60. The predicted octanol–water partition coefficient (Wildman–Crippen LogP) is 3.89. The summed E-state index contributed by atoms with van der Waals surface area (Å²) >= 11 is 0. The molecule has 0 aliphatic heterocycles. The first kappa shape index (κ1) is 19.4. The van der Waals surface area contributed by atoms with E-state index in [0.29, 0.717) is 16.8 Å². The van der Waals surface area contributed by atoms with E-state index in [0.717, 1.165) is 18.2 Å². The number of Topliss-reactive ketones (excluding diaryl/α,β-unsaturated/α-hetero) is 2. The second-order valence-corrected chi connectivity index (χ2v) is 5.72. The standard InChI is InChI=1S/C18H16F3NO4/c1-9-15(11(3)23)10(2)22-16(9)14(24)8-26-17(25)12-6-4-5-7-13(12)18(19,20)21/h4-7,22H,8H2,1-3H3. The summed E-state index contributed by atoms with van der Waals surface area (Å²) < 4.78 is 43.6. The number of ether oxygens (including phenoxy) is 1. The van der Waals surface area contributed by atoms with Gasteiger partial charge in [-0.05, 0) is 38.5 Å². The van der Waals surface area contributed by atoms with Crippen LogP contribution >= 0.6 is 0 Å². The highest BCUT2D eigenvalue weighted by Gasteiger charge is 2.35. The molecule has 0 radical (unpaired) electrons. The lowest BCUT2D eigenvalue weighted by atomic mass is 10.1. The van der Waals surface area contributed by atoms with Gasteiger partial charge in [-0.15, -0.1) is 0 Å². The number of carbonyl (C=O) groups is 3. The van der Waals surface area contributed by atoms with Gasteiger partial charge in [0.15, 0.2) is 12.4 Å². The Labute approximate surface area is 147 Å². The van der Waals surface area contributed by atoms with Crippen molar-refractivity contribution in [2.45, 2.75) is 26.9 Å². The van der Waals surface area contributed by atoms with Gasteiger partial charge in [-0.1, -0.05) is 12.1 Å².